The lowest BCUT2D eigenvalue weighted by Gasteiger charge is -2.13. The van der Waals surface area contributed by atoms with Crippen LogP contribution in [0, 0.1) is 0 Å². The van der Waals surface area contributed by atoms with Crippen LogP contribution in [0.3, 0.4) is 0 Å². The molecule has 0 aliphatic heterocycles. The first kappa shape index (κ1) is 17.7. The number of ether oxygens (including phenoxy) is 3. The summed E-state index contributed by atoms with van der Waals surface area (Å²) in [5, 5.41) is 3.15. The van der Waals surface area contributed by atoms with Gasteiger partial charge in [-0.1, -0.05) is 24.3 Å². The van der Waals surface area contributed by atoms with E-state index in [1.54, 1.807) is 42.5 Å². The molecule has 1 N–H and O–H groups in total. The molecule has 0 radical (unpaired) electrons. The monoisotopic (exact) mass is 347 g/mol. The highest BCUT2D eigenvalue weighted by atomic mass is 35.5. The molecule has 0 heterocycles. The lowest BCUT2D eigenvalue weighted by molar-refractivity contribution is 0.102. The molecule has 2 rings (SSSR count). The van der Waals surface area contributed by atoms with Gasteiger partial charge in [0, 0.05) is 11.6 Å². The molecule has 5 nitrogen and oxygen atoms in total. The van der Waals surface area contributed by atoms with Crippen molar-refractivity contribution < 1.29 is 19.0 Å². The third-order valence-corrected chi connectivity index (χ3v) is 3.50. The summed E-state index contributed by atoms with van der Waals surface area (Å²) in [6.07, 6.45) is 1.65. The van der Waals surface area contributed by atoms with Gasteiger partial charge < -0.3 is 19.5 Å². The number of hydrogen-bond donors (Lipinski definition) is 1. The Labute approximate surface area is 145 Å². The smallest absolute Gasteiger partial charge is 0.255 e. The molecule has 0 aromatic heterocycles. The van der Waals surface area contributed by atoms with Crippen molar-refractivity contribution in [1.82, 2.24) is 0 Å². The van der Waals surface area contributed by atoms with E-state index in [4.69, 9.17) is 25.8 Å². The first-order valence-electron chi connectivity index (χ1n) is 7.15. The molecule has 126 valence electrons. The Morgan fingerprint density at radius 1 is 1.17 bits per heavy atom. The van der Waals surface area contributed by atoms with E-state index in [1.807, 2.05) is 0 Å². The van der Waals surface area contributed by atoms with Crippen LogP contribution < -0.4 is 19.5 Å². The fourth-order valence-electron chi connectivity index (χ4n) is 2.01. The summed E-state index contributed by atoms with van der Waals surface area (Å²) in [7, 11) is 3.01. The molecule has 2 aromatic rings. The topological polar surface area (TPSA) is 56.8 Å². The largest absolute Gasteiger partial charge is 0.495 e. The van der Waals surface area contributed by atoms with Gasteiger partial charge in [0.25, 0.3) is 5.91 Å². The SMILES string of the molecule is C=CCOc1ccc(C(=O)Nc2cc(Cl)c(OC)cc2OC)cc1. The maximum Gasteiger partial charge on any atom is 0.255 e. The van der Waals surface area contributed by atoms with Gasteiger partial charge >= 0.3 is 0 Å². The standard InChI is InChI=1S/C18H18ClNO4/c1-4-9-24-13-7-5-12(6-8-13)18(21)20-15-10-14(19)16(22-2)11-17(15)23-3/h4-8,10-11H,1,9H2,2-3H3,(H,20,21). The summed E-state index contributed by atoms with van der Waals surface area (Å²) in [5.74, 6) is 1.30. The van der Waals surface area contributed by atoms with Crippen LogP contribution in [0.4, 0.5) is 5.69 Å². The van der Waals surface area contributed by atoms with Gasteiger partial charge in [0.2, 0.25) is 0 Å². The van der Waals surface area contributed by atoms with E-state index in [2.05, 4.69) is 11.9 Å². The number of carbonyl (C=O) groups excluding carboxylic acids is 1. The number of benzene rings is 2. The van der Waals surface area contributed by atoms with E-state index >= 15 is 0 Å². The van der Waals surface area contributed by atoms with Crippen LogP contribution in [0.25, 0.3) is 0 Å². The number of hydrogen-bond acceptors (Lipinski definition) is 4. The molecule has 24 heavy (non-hydrogen) atoms. The molecule has 0 spiro atoms. The first-order valence-corrected chi connectivity index (χ1v) is 7.53. The van der Waals surface area contributed by atoms with Crippen LogP contribution in [-0.2, 0) is 0 Å². The molecule has 1 amide bonds. The molecule has 6 heteroatoms. The van der Waals surface area contributed by atoms with Crippen LogP contribution in [0.2, 0.25) is 5.02 Å². The molecule has 0 aliphatic carbocycles. The lowest BCUT2D eigenvalue weighted by Crippen LogP contribution is -2.12. The quantitative estimate of drug-likeness (QED) is 0.763. The molecule has 2 aromatic carbocycles. The molecule has 0 atom stereocenters. The van der Waals surface area contributed by atoms with Gasteiger partial charge in [-0.05, 0) is 30.3 Å². The third kappa shape index (κ3) is 4.20. The highest BCUT2D eigenvalue weighted by molar-refractivity contribution is 6.32. The van der Waals surface area contributed by atoms with Crippen LogP contribution in [0.1, 0.15) is 10.4 Å². The molecule has 0 aliphatic rings. The van der Waals surface area contributed by atoms with Crippen LogP contribution in [0.5, 0.6) is 17.2 Å². The number of methoxy groups -OCH3 is 2. The second-order valence-electron chi connectivity index (χ2n) is 4.77. The van der Waals surface area contributed by atoms with Crippen molar-refractivity contribution in [2.24, 2.45) is 0 Å². The summed E-state index contributed by atoms with van der Waals surface area (Å²) < 4.78 is 15.8. The number of carbonyl (C=O) groups is 1. The predicted molar refractivity (Wildman–Crippen MR) is 94.6 cm³/mol. The van der Waals surface area contributed by atoms with Crippen molar-refractivity contribution in [2.75, 3.05) is 26.1 Å². The van der Waals surface area contributed by atoms with Crippen molar-refractivity contribution in [3.8, 4) is 17.2 Å². The summed E-state index contributed by atoms with van der Waals surface area (Å²) in [6.45, 7) is 3.99. The third-order valence-electron chi connectivity index (χ3n) is 3.21. The molecule has 0 bridgehead atoms. The molecular formula is C18H18ClNO4. The van der Waals surface area contributed by atoms with E-state index in [9.17, 15) is 4.79 Å². The maximum absolute atomic E-state index is 12.4. The minimum atomic E-state index is -0.287. The normalized spacial score (nSPS) is 9.96. The van der Waals surface area contributed by atoms with Crippen molar-refractivity contribution in [2.45, 2.75) is 0 Å². The van der Waals surface area contributed by atoms with Gasteiger partial charge in [-0.25, -0.2) is 0 Å². The summed E-state index contributed by atoms with van der Waals surface area (Å²) in [4.78, 5) is 12.4. The Bertz CT molecular complexity index is 729. The Morgan fingerprint density at radius 2 is 1.83 bits per heavy atom. The van der Waals surface area contributed by atoms with Crippen molar-refractivity contribution in [3.63, 3.8) is 0 Å². The first-order chi connectivity index (χ1) is 11.6. The molecular weight excluding hydrogens is 330 g/mol. The zero-order valence-corrected chi connectivity index (χ0v) is 14.2. The Kier molecular flexibility index (Phi) is 6.09. The average molecular weight is 348 g/mol. The van der Waals surface area contributed by atoms with E-state index in [0.717, 1.165) is 0 Å². The van der Waals surface area contributed by atoms with Gasteiger partial charge in [0.1, 0.15) is 23.9 Å². The van der Waals surface area contributed by atoms with Gasteiger partial charge in [0.05, 0.1) is 24.9 Å². The Hall–Kier alpha value is -2.66. The molecule has 0 saturated heterocycles. The van der Waals surface area contributed by atoms with Crippen molar-refractivity contribution >= 4 is 23.2 Å². The zero-order chi connectivity index (χ0) is 17.5. The van der Waals surface area contributed by atoms with E-state index < -0.39 is 0 Å². The fourth-order valence-corrected chi connectivity index (χ4v) is 2.25. The molecule has 0 fully saturated rings. The summed E-state index contributed by atoms with van der Waals surface area (Å²) in [5.41, 5.74) is 0.940. The van der Waals surface area contributed by atoms with Crippen LogP contribution in [0.15, 0.2) is 49.1 Å². The van der Waals surface area contributed by atoms with Crippen LogP contribution in [-0.4, -0.2) is 26.7 Å². The summed E-state index contributed by atoms with van der Waals surface area (Å²) >= 11 is 6.10. The van der Waals surface area contributed by atoms with Crippen molar-refractivity contribution in [3.05, 3.63) is 59.6 Å². The lowest BCUT2D eigenvalue weighted by atomic mass is 10.2. The molecule has 0 unspecified atom stereocenters. The minimum absolute atomic E-state index is 0.287. The predicted octanol–water partition coefficient (Wildman–Crippen LogP) is 4.17. The number of nitrogens with one attached hydrogen (secondary N) is 1. The average Bonchev–Trinajstić information content (AvgIpc) is 2.60. The number of halogens is 1. The van der Waals surface area contributed by atoms with Crippen molar-refractivity contribution in [1.29, 1.82) is 0 Å². The van der Waals surface area contributed by atoms with Gasteiger partial charge in [0.15, 0.2) is 0 Å². The Balaban J connectivity index is 2.17. The van der Waals surface area contributed by atoms with E-state index in [-0.39, 0.29) is 5.91 Å². The van der Waals surface area contributed by atoms with Gasteiger partial charge in [-0.3, -0.25) is 4.79 Å². The zero-order valence-electron chi connectivity index (χ0n) is 13.5. The highest BCUT2D eigenvalue weighted by Crippen LogP contribution is 2.36. The Morgan fingerprint density at radius 3 is 2.42 bits per heavy atom. The fraction of sp³-hybridized carbons (Fsp3) is 0.167. The minimum Gasteiger partial charge on any atom is -0.495 e. The van der Waals surface area contributed by atoms with Crippen LogP contribution >= 0.6 is 11.6 Å². The molecule has 0 saturated carbocycles. The second kappa shape index (κ2) is 8.26. The number of rotatable bonds is 7. The number of amides is 1. The van der Waals surface area contributed by atoms with E-state index in [1.165, 1.54) is 14.2 Å². The summed E-state index contributed by atoms with van der Waals surface area (Å²) in [6, 6.07) is 9.98. The van der Waals surface area contributed by atoms with E-state index in [0.29, 0.717) is 40.1 Å². The van der Waals surface area contributed by atoms with Gasteiger partial charge in [-0.2, -0.15) is 0 Å². The highest BCUT2D eigenvalue weighted by Gasteiger charge is 2.13. The maximum atomic E-state index is 12.4. The second-order valence-corrected chi connectivity index (χ2v) is 5.17. The van der Waals surface area contributed by atoms with Gasteiger partial charge in [-0.15, -0.1) is 0 Å². The number of anilines is 1.